The molecule has 0 aromatic carbocycles. The van der Waals surface area contributed by atoms with E-state index in [4.69, 9.17) is 19.5 Å². The minimum Gasteiger partial charge on any atom is -0.447 e. The first-order valence-corrected chi connectivity index (χ1v) is 13.5. The molecule has 4 aliphatic rings. The average molecular weight is 550 g/mol. The maximum atomic E-state index is 17.4. The lowest BCUT2D eigenvalue weighted by molar-refractivity contribution is -0.234. The predicted octanol–water partition coefficient (Wildman–Crippen LogP) is 4.70. The molecule has 0 aromatic rings. The number of fused-ring (bicyclic) bond motifs is 5. The number of halogens is 2. The normalized spacial score (nSPS) is 42.8. The van der Waals surface area contributed by atoms with Crippen molar-refractivity contribution in [1.29, 1.82) is 5.26 Å². The van der Waals surface area contributed by atoms with Gasteiger partial charge in [-0.25, -0.2) is 18.4 Å². The summed E-state index contributed by atoms with van der Waals surface area (Å²) < 4.78 is 49.7. The number of nitriles is 1. The maximum absolute atomic E-state index is 17.4. The molecule has 0 amide bonds. The standard InChI is InChI=1S/C29H37F2NO7/c1-7-25(3,4)38-24(36)39-29(23(35)37-11-10-32)16(2)12-18-19-14-21(30)20-13-17(33)8-9-26(20,5)28(19,31)22(34)15-27(18,29)6/h8-9,13,16,18-19,21-22,34H,7,11-12,14-15H2,1-6H3/t16-,18+,19+,21+,22+,26+,27+,28?,29-/m1/s1. The van der Waals surface area contributed by atoms with E-state index in [9.17, 15) is 19.5 Å². The number of carbonyl (C=O) groups excluding carboxylic acids is 3. The number of hydrogen-bond acceptors (Lipinski definition) is 8. The highest BCUT2D eigenvalue weighted by Gasteiger charge is 2.79. The van der Waals surface area contributed by atoms with Crippen LogP contribution in [0, 0.1) is 39.9 Å². The summed E-state index contributed by atoms with van der Waals surface area (Å²) in [6.45, 7) is 9.32. The Bertz CT molecular complexity index is 1180. The molecule has 0 saturated heterocycles. The number of ether oxygens (including phenoxy) is 3. The molecule has 4 rings (SSSR count). The molecule has 1 N–H and O–H groups in total. The Kier molecular flexibility index (Phi) is 7.03. The highest BCUT2D eigenvalue weighted by atomic mass is 19.1. The zero-order chi connectivity index (χ0) is 29.2. The van der Waals surface area contributed by atoms with Crippen molar-refractivity contribution in [3.63, 3.8) is 0 Å². The number of esters is 1. The van der Waals surface area contributed by atoms with E-state index >= 15 is 8.78 Å². The second-order valence-corrected chi connectivity index (χ2v) is 12.5. The Morgan fingerprint density at radius 3 is 2.54 bits per heavy atom. The van der Waals surface area contributed by atoms with Crippen LogP contribution >= 0.6 is 0 Å². The molecule has 3 saturated carbocycles. The molecule has 0 heterocycles. The number of nitrogens with zero attached hydrogens (tertiary/aromatic N) is 1. The fourth-order valence-corrected chi connectivity index (χ4v) is 7.87. The van der Waals surface area contributed by atoms with Gasteiger partial charge in [-0.05, 0) is 70.1 Å². The highest BCUT2D eigenvalue weighted by Crippen LogP contribution is 2.71. The fourth-order valence-electron chi connectivity index (χ4n) is 7.87. The monoisotopic (exact) mass is 549 g/mol. The first kappa shape index (κ1) is 29.2. The topological polar surface area (TPSA) is 123 Å². The number of carbonyl (C=O) groups is 3. The quantitative estimate of drug-likeness (QED) is 0.490. The first-order valence-electron chi connectivity index (χ1n) is 13.5. The molecule has 0 radical (unpaired) electrons. The summed E-state index contributed by atoms with van der Waals surface area (Å²) in [4.78, 5) is 38.8. The van der Waals surface area contributed by atoms with Crippen molar-refractivity contribution >= 4 is 17.9 Å². The molecule has 0 aliphatic heterocycles. The van der Waals surface area contributed by atoms with Crippen molar-refractivity contribution in [2.24, 2.45) is 28.6 Å². The number of hydrogen-bond donors (Lipinski definition) is 1. The summed E-state index contributed by atoms with van der Waals surface area (Å²) in [6.07, 6.45) is -0.872. The van der Waals surface area contributed by atoms with E-state index in [0.717, 1.165) is 6.08 Å². The van der Waals surface area contributed by atoms with E-state index in [-0.39, 0.29) is 24.8 Å². The van der Waals surface area contributed by atoms with Gasteiger partial charge in [-0.3, -0.25) is 4.79 Å². The van der Waals surface area contributed by atoms with Gasteiger partial charge in [0.1, 0.15) is 17.8 Å². The molecule has 0 bridgehead atoms. The van der Waals surface area contributed by atoms with E-state index in [1.807, 2.05) is 6.92 Å². The molecule has 39 heavy (non-hydrogen) atoms. The van der Waals surface area contributed by atoms with Crippen molar-refractivity contribution in [2.45, 2.75) is 96.4 Å². The molecule has 9 atom stereocenters. The average Bonchev–Trinajstić information content (AvgIpc) is 3.07. The van der Waals surface area contributed by atoms with Crippen LogP contribution in [0.2, 0.25) is 0 Å². The van der Waals surface area contributed by atoms with Crippen LogP contribution in [0.25, 0.3) is 0 Å². The van der Waals surface area contributed by atoms with Gasteiger partial charge in [-0.2, -0.15) is 5.26 Å². The molecule has 10 heteroatoms. The molecule has 0 aromatic heterocycles. The molecule has 4 aliphatic carbocycles. The lowest BCUT2D eigenvalue weighted by Crippen LogP contribution is -2.71. The smallest absolute Gasteiger partial charge is 0.447 e. The van der Waals surface area contributed by atoms with E-state index in [1.165, 1.54) is 19.1 Å². The first-order chi connectivity index (χ1) is 18.0. The zero-order valence-corrected chi connectivity index (χ0v) is 23.3. The number of allylic oxidation sites excluding steroid dienone is 4. The van der Waals surface area contributed by atoms with Crippen molar-refractivity contribution in [1.82, 2.24) is 0 Å². The van der Waals surface area contributed by atoms with Gasteiger partial charge >= 0.3 is 12.1 Å². The van der Waals surface area contributed by atoms with Crippen LogP contribution < -0.4 is 0 Å². The highest BCUT2D eigenvalue weighted by molar-refractivity contribution is 6.01. The largest absolute Gasteiger partial charge is 0.509 e. The number of rotatable bonds is 5. The van der Waals surface area contributed by atoms with Gasteiger partial charge in [-0.1, -0.05) is 26.8 Å². The Labute approximate surface area is 227 Å². The summed E-state index contributed by atoms with van der Waals surface area (Å²) in [6, 6.07) is 1.73. The van der Waals surface area contributed by atoms with Crippen molar-refractivity contribution in [2.75, 3.05) is 6.61 Å². The molecule has 3 fully saturated rings. The molecule has 8 nitrogen and oxygen atoms in total. The number of aliphatic hydroxyl groups is 1. The third-order valence-corrected chi connectivity index (χ3v) is 10.2. The molecular weight excluding hydrogens is 512 g/mol. The van der Waals surface area contributed by atoms with Crippen LogP contribution in [0.4, 0.5) is 13.6 Å². The van der Waals surface area contributed by atoms with Crippen LogP contribution in [0.5, 0.6) is 0 Å². The van der Waals surface area contributed by atoms with E-state index in [1.54, 1.807) is 33.8 Å². The lowest BCUT2D eigenvalue weighted by atomic mass is 9.44. The van der Waals surface area contributed by atoms with Gasteiger partial charge in [0.2, 0.25) is 5.60 Å². The van der Waals surface area contributed by atoms with Crippen molar-refractivity contribution in [3.8, 4) is 6.07 Å². The van der Waals surface area contributed by atoms with Crippen LogP contribution in [0.1, 0.15) is 67.2 Å². The minimum absolute atomic E-state index is 0.0104. The van der Waals surface area contributed by atoms with E-state index in [0.29, 0.717) is 6.42 Å². The Morgan fingerprint density at radius 1 is 1.26 bits per heavy atom. The lowest BCUT2D eigenvalue weighted by Gasteiger charge is -2.62. The summed E-state index contributed by atoms with van der Waals surface area (Å²) in [5.41, 5.74) is -8.30. The van der Waals surface area contributed by atoms with Crippen molar-refractivity contribution in [3.05, 3.63) is 23.8 Å². The van der Waals surface area contributed by atoms with Gasteiger partial charge in [0, 0.05) is 22.7 Å². The maximum Gasteiger partial charge on any atom is 0.509 e. The molecule has 1 unspecified atom stereocenters. The van der Waals surface area contributed by atoms with Crippen LogP contribution in [0.15, 0.2) is 23.8 Å². The number of ketones is 1. The van der Waals surface area contributed by atoms with Crippen LogP contribution in [0.3, 0.4) is 0 Å². The van der Waals surface area contributed by atoms with Gasteiger partial charge in [-0.15, -0.1) is 0 Å². The van der Waals surface area contributed by atoms with Gasteiger partial charge in [0.25, 0.3) is 0 Å². The summed E-state index contributed by atoms with van der Waals surface area (Å²) in [5, 5.41) is 20.6. The Morgan fingerprint density at radius 2 is 1.92 bits per heavy atom. The van der Waals surface area contributed by atoms with Crippen LogP contribution in [-0.2, 0) is 23.8 Å². The van der Waals surface area contributed by atoms with Gasteiger partial charge in [0.05, 0.1) is 6.10 Å². The molecule has 0 spiro atoms. The van der Waals surface area contributed by atoms with Gasteiger partial charge in [0.15, 0.2) is 18.1 Å². The van der Waals surface area contributed by atoms with E-state index < -0.39 is 82.2 Å². The SMILES string of the molecule is CCC(C)(C)OC(=O)O[C@@]1(C(=O)OCC#N)[C@H](C)C[C@H]2[C@@H]3C[C@H](F)C4=CC(=O)C=C[C@]4(C)C3(F)[C@@H](O)C[C@@]21C. The Hall–Kier alpha value is -2.80. The van der Waals surface area contributed by atoms with E-state index in [2.05, 4.69) is 0 Å². The second-order valence-electron chi connectivity index (χ2n) is 12.5. The Balaban J connectivity index is 1.83. The predicted molar refractivity (Wildman–Crippen MR) is 134 cm³/mol. The molecular formula is C29H37F2NO7. The summed E-state index contributed by atoms with van der Waals surface area (Å²) in [7, 11) is 0. The summed E-state index contributed by atoms with van der Waals surface area (Å²) >= 11 is 0. The summed E-state index contributed by atoms with van der Waals surface area (Å²) in [5.74, 6) is -3.98. The van der Waals surface area contributed by atoms with Crippen LogP contribution in [-0.4, -0.2) is 58.8 Å². The van der Waals surface area contributed by atoms with Gasteiger partial charge < -0.3 is 19.3 Å². The number of aliphatic hydroxyl groups excluding tert-OH is 1. The second kappa shape index (κ2) is 9.39. The minimum atomic E-state index is -2.36. The fraction of sp³-hybridized carbons (Fsp3) is 0.724. The molecule has 214 valence electrons. The number of alkyl halides is 2. The third kappa shape index (κ3) is 3.94. The zero-order valence-electron chi connectivity index (χ0n) is 23.3. The van der Waals surface area contributed by atoms with Crippen molar-refractivity contribution < 1.29 is 42.5 Å². The third-order valence-electron chi connectivity index (χ3n) is 10.2.